The molecule has 2 N–H and O–H groups in total. The first-order valence-corrected chi connectivity index (χ1v) is 10.6. The molecule has 2 aromatic carbocycles. The molecule has 2 aromatic rings. The lowest BCUT2D eigenvalue weighted by atomic mass is 9.58. The fourth-order valence-corrected chi connectivity index (χ4v) is 5.17. The maximum absolute atomic E-state index is 8.92. The van der Waals surface area contributed by atoms with E-state index in [4.69, 9.17) is 19.7 Å². The molecule has 0 heterocycles. The molecule has 158 valence electrons. The standard InChI is InChI=1S/C25H34O4/c1-18-16-21(19-4-8-22(9-5-19)28-14-12-26)17-25(2,3)24(18)20-6-10-23(11-7-20)29-15-13-27/h4-11,18,21,24,26-27H,12-17H2,1-3H3. The van der Waals surface area contributed by atoms with E-state index in [1.165, 1.54) is 11.1 Å². The zero-order valence-corrected chi connectivity index (χ0v) is 17.8. The van der Waals surface area contributed by atoms with Gasteiger partial charge in [-0.25, -0.2) is 0 Å². The summed E-state index contributed by atoms with van der Waals surface area (Å²) in [5.41, 5.74) is 2.92. The zero-order chi connectivity index (χ0) is 20.9. The molecule has 0 aliphatic heterocycles. The van der Waals surface area contributed by atoms with Crippen LogP contribution in [0.15, 0.2) is 48.5 Å². The van der Waals surface area contributed by atoms with Crippen molar-refractivity contribution >= 4 is 0 Å². The smallest absolute Gasteiger partial charge is 0.119 e. The van der Waals surface area contributed by atoms with Gasteiger partial charge in [0.1, 0.15) is 24.7 Å². The number of aliphatic hydroxyl groups is 2. The number of aliphatic hydroxyl groups excluding tert-OH is 2. The van der Waals surface area contributed by atoms with Crippen LogP contribution in [0.4, 0.5) is 0 Å². The first-order valence-electron chi connectivity index (χ1n) is 10.6. The molecule has 3 rings (SSSR count). The Kier molecular flexibility index (Phi) is 7.20. The van der Waals surface area contributed by atoms with Gasteiger partial charge in [0.05, 0.1) is 13.2 Å². The second-order valence-corrected chi connectivity index (χ2v) is 8.86. The maximum Gasteiger partial charge on any atom is 0.119 e. The van der Waals surface area contributed by atoms with Gasteiger partial charge in [-0.15, -0.1) is 0 Å². The summed E-state index contributed by atoms with van der Waals surface area (Å²) in [5.74, 6) is 3.23. The van der Waals surface area contributed by atoms with Gasteiger partial charge in [0.25, 0.3) is 0 Å². The van der Waals surface area contributed by atoms with Crippen LogP contribution in [0.25, 0.3) is 0 Å². The summed E-state index contributed by atoms with van der Waals surface area (Å²) in [7, 11) is 0. The van der Waals surface area contributed by atoms with Crippen molar-refractivity contribution in [3.63, 3.8) is 0 Å². The lowest BCUT2D eigenvalue weighted by Crippen LogP contribution is -2.35. The fourth-order valence-electron chi connectivity index (χ4n) is 5.17. The molecule has 1 aliphatic rings. The molecule has 1 aliphatic carbocycles. The van der Waals surface area contributed by atoms with Gasteiger partial charge < -0.3 is 19.7 Å². The predicted molar refractivity (Wildman–Crippen MR) is 116 cm³/mol. The Labute approximate surface area is 174 Å². The maximum atomic E-state index is 8.92. The molecule has 0 radical (unpaired) electrons. The minimum atomic E-state index is 0.0321. The lowest BCUT2D eigenvalue weighted by Gasteiger charge is -2.47. The summed E-state index contributed by atoms with van der Waals surface area (Å²) in [4.78, 5) is 0. The average Bonchev–Trinajstić information content (AvgIpc) is 2.71. The van der Waals surface area contributed by atoms with E-state index in [-0.39, 0.29) is 18.6 Å². The highest BCUT2D eigenvalue weighted by atomic mass is 16.5. The van der Waals surface area contributed by atoms with Crippen molar-refractivity contribution in [3.05, 3.63) is 59.7 Å². The lowest BCUT2D eigenvalue weighted by molar-refractivity contribution is 0.126. The Balaban J connectivity index is 1.71. The molecule has 3 unspecified atom stereocenters. The first kappa shape index (κ1) is 21.7. The van der Waals surface area contributed by atoms with Crippen molar-refractivity contribution in [2.45, 2.75) is 45.4 Å². The van der Waals surface area contributed by atoms with Gasteiger partial charge in [-0.05, 0) is 71.4 Å². The van der Waals surface area contributed by atoms with Gasteiger partial charge >= 0.3 is 0 Å². The topological polar surface area (TPSA) is 58.9 Å². The highest BCUT2D eigenvalue weighted by Crippen LogP contribution is 2.54. The van der Waals surface area contributed by atoms with Gasteiger partial charge in [-0.3, -0.25) is 0 Å². The summed E-state index contributed by atoms with van der Waals surface area (Å²) in [5, 5.41) is 17.8. The van der Waals surface area contributed by atoms with Crippen LogP contribution in [-0.2, 0) is 0 Å². The molecular formula is C25H34O4. The van der Waals surface area contributed by atoms with Crippen LogP contribution in [0.1, 0.15) is 56.6 Å². The summed E-state index contributed by atoms with van der Waals surface area (Å²) < 4.78 is 11.0. The van der Waals surface area contributed by atoms with Crippen molar-refractivity contribution in [2.75, 3.05) is 26.4 Å². The highest BCUT2D eigenvalue weighted by molar-refractivity contribution is 5.34. The van der Waals surface area contributed by atoms with E-state index in [9.17, 15) is 0 Å². The van der Waals surface area contributed by atoms with Crippen molar-refractivity contribution in [3.8, 4) is 11.5 Å². The number of rotatable bonds is 8. The van der Waals surface area contributed by atoms with Crippen LogP contribution >= 0.6 is 0 Å². The van der Waals surface area contributed by atoms with E-state index in [0.717, 1.165) is 24.3 Å². The Morgan fingerprint density at radius 2 is 1.31 bits per heavy atom. The van der Waals surface area contributed by atoms with Crippen molar-refractivity contribution in [1.29, 1.82) is 0 Å². The number of hydrogen-bond acceptors (Lipinski definition) is 4. The molecule has 0 amide bonds. The number of benzene rings is 2. The van der Waals surface area contributed by atoms with Crippen LogP contribution in [0, 0.1) is 11.3 Å². The Hall–Kier alpha value is -2.04. The van der Waals surface area contributed by atoms with Gasteiger partial charge in [0.2, 0.25) is 0 Å². The summed E-state index contributed by atoms with van der Waals surface area (Å²) in [6.07, 6.45) is 2.30. The Morgan fingerprint density at radius 1 is 0.828 bits per heavy atom. The second kappa shape index (κ2) is 9.64. The minimum absolute atomic E-state index is 0.0321. The average molecular weight is 399 g/mol. The van der Waals surface area contributed by atoms with E-state index in [0.29, 0.717) is 31.0 Å². The zero-order valence-electron chi connectivity index (χ0n) is 17.8. The van der Waals surface area contributed by atoms with Crippen molar-refractivity contribution < 1.29 is 19.7 Å². The second-order valence-electron chi connectivity index (χ2n) is 8.86. The van der Waals surface area contributed by atoms with Gasteiger partial charge in [-0.1, -0.05) is 45.0 Å². The molecule has 4 heteroatoms. The van der Waals surface area contributed by atoms with Gasteiger partial charge in [0.15, 0.2) is 0 Å². The molecule has 0 saturated heterocycles. The Morgan fingerprint density at radius 3 is 1.76 bits per heavy atom. The fraction of sp³-hybridized carbons (Fsp3) is 0.520. The van der Waals surface area contributed by atoms with Crippen molar-refractivity contribution in [2.24, 2.45) is 11.3 Å². The van der Waals surface area contributed by atoms with Gasteiger partial charge in [0, 0.05) is 0 Å². The largest absolute Gasteiger partial charge is 0.491 e. The monoisotopic (exact) mass is 398 g/mol. The molecule has 0 bridgehead atoms. The molecule has 0 spiro atoms. The van der Waals surface area contributed by atoms with Crippen LogP contribution in [-0.4, -0.2) is 36.6 Å². The third kappa shape index (κ3) is 5.31. The van der Waals surface area contributed by atoms with E-state index >= 15 is 0 Å². The predicted octanol–water partition coefficient (Wildman–Crippen LogP) is 4.75. The van der Waals surface area contributed by atoms with Gasteiger partial charge in [-0.2, -0.15) is 0 Å². The molecule has 1 fully saturated rings. The van der Waals surface area contributed by atoms with E-state index < -0.39 is 0 Å². The normalized spacial score (nSPS) is 23.6. The third-order valence-electron chi connectivity index (χ3n) is 6.15. The van der Waals surface area contributed by atoms with Crippen LogP contribution in [0.5, 0.6) is 11.5 Å². The molecule has 3 atom stereocenters. The van der Waals surface area contributed by atoms with Crippen LogP contribution in [0.3, 0.4) is 0 Å². The first-order chi connectivity index (χ1) is 13.9. The van der Waals surface area contributed by atoms with Crippen LogP contribution < -0.4 is 9.47 Å². The summed E-state index contributed by atoms with van der Waals surface area (Å²) in [6.45, 7) is 7.86. The molecule has 1 saturated carbocycles. The quantitative estimate of drug-likeness (QED) is 0.674. The Bertz CT molecular complexity index is 751. The van der Waals surface area contributed by atoms with E-state index in [1.54, 1.807) is 0 Å². The molecular weight excluding hydrogens is 364 g/mol. The highest BCUT2D eigenvalue weighted by Gasteiger charge is 2.42. The SMILES string of the molecule is CC1CC(c2ccc(OCCO)cc2)CC(C)(C)C1c1ccc(OCCO)cc1. The molecule has 29 heavy (non-hydrogen) atoms. The van der Waals surface area contributed by atoms with E-state index in [1.807, 2.05) is 24.3 Å². The van der Waals surface area contributed by atoms with E-state index in [2.05, 4.69) is 45.0 Å². The summed E-state index contributed by atoms with van der Waals surface area (Å²) >= 11 is 0. The number of ether oxygens (including phenoxy) is 2. The van der Waals surface area contributed by atoms with Crippen molar-refractivity contribution in [1.82, 2.24) is 0 Å². The van der Waals surface area contributed by atoms with Crippen LogP contribution in [0.2, 0.25) is 0 Å². The summed E-state index contributed by atoms with van der Waals surface area (Å²) in [6, 6.07) is 16.8. The minimum Gasteiger partial charge on any atom is -0.491 e. The molecule has 4 nitrogen and oxygen atoms in total. The molecule has 0 aromatic heterocycles. The number of hydrogen-bond donors (Lipinski definition) is 2. The third-order valence-corrected chi connectivity index (χ3v) is 6.15.